The van der Waals surface area contributed by atoms with Gasteiger partial charge in [0.15, 0.2) is 0 Å². The highest BCUT2D eigenvalue weighted by Crippen LogP contribution is 2.39. The standard InChI is InChI=1S/C22H21NO3S/c1-2-26-22(25)20-17-8-5-9-18(17)27-21(20)23-19(24)13-14-10-11-15-6-3-4-7-16(15)12-14/h3-4,6-7,10-12H,2,5,8-9,13H2,1H3,(H,23,24). The number of fused-ring (bicyclic) bond motifs is 2. The minimum Gasteiger partial charge on any atom is -0.462 e. The molecule has 3 aromatic rings. The Labute approximate surface area is 162 Å². The van der Waals surface area contributed by atoms with Gasteiger partial charge in [0, 0.05) is 4.88 Å². The minimum absolute atomic E-state index is 0.115. The van der Waals surface area contributed by atoms with Crippen LogP contribution in [0.2, 0.25) is 0 Å². The second kappa shape index (κ2) is 7.53. The number of hydrogen-bond acceptors (Lipinski definition) is 4. The molecule has 1 N–H and O–H groups in total. The van der Waals surface area contributed by atoms with Gasteiger partial charge in [0.1, 0.15) is 5.00 Å². The van der Waals surface area contributed by atoms with Gasteiger partial charge in [-0.1, -0.05) is 42.5 Å². The maximum absolute atomic E-state index is 12.6. The van der Waals surface area contributed by atoms with Crippen molar-refractivity contribution in [1.29, 1.82) is 0 Å². The first-order valence-corrected chi connectivity index (χ1v) is 10.1. The fourth-order valence-corrected chi connectivity index (χ4v) is 4.91. The zero-order chi connectivity index (χ0) is 18.8. The summed E-state index contributed by atoms with van der Waals surface area (Å²) in [6, 6.07) is 14.1. The lowest BCUT2D eigenvalue weighted by Gasteiger charge is -2.08. The Morgan fingerprint density at radius 2 is 1.93 bits per heavy atom. The third-order valence-corrected chi connectivity index (χ3v) is 6.04. The molecular formula is C22H21NO3S. The number of benzene rings is 2. The lowest BCUT2D eigenvalue weighted by atomic mass is 10.0. The van der Waals surface area contributed by atoms with Crippen LogP contribution in [0.25, 0.3) is 10.8 Å². The molecule has 0 saturated carbocycles. The second-order valence-electron chi connectivity index (χ2n) is 6.69. The van der Waals surface area contributed by atoms with Crippen LogP contribution in [0.3, 0.4) is 0 Å². The summed E-state index contributed by atoms with van der Waals surface area (Å²) < 4.78 is 5.22. The van der Waals surface area contributed by atoms with Crippen LogP contribution < -0.4 is 5.32 Å². The molecule has 27 heavy (non-hydrogen) atoms. The van der Waals surface area contributed by atoms with E-state index in [-0.39, 0.29) is 18.3 Å². The number of carbonyl (C=O) groups is 2. The summed E-state index contributed by atoms with van der Waals surface area (Å²) >= 11 is 1.51. The first-order valence-electron chi connectivity index (χ1n) is 9.25. The van der Waals surface area contributed by atoms with Crippen LogP contribution in [0.15, 0.2) is 42.5 Å². The van der Waals surface area contributed by atoms with Gasteiger partial charge in [-0.2, -0.15) is 0 Å². The molecule has 138 valence electrons. The molecule has 0 saturated heterocycles. The van der Waals surface area contributed by atoms with Crippen molar-refractivity contribution in [2.75, 3.05) is 11.9 Å². The van der Waals surface area contributed by atoms with E-state index in [0.29, 0.717) is 17.2 Å². The van der Waals surface area contributed by atoms with E-state index in [9.17, 15) is 9.59 Å². The van der Waals surface area contributed by atoms with Crippen molar-refractivity contribution in [2.24, 2.45) is 0 Å². The number of rotatable bonds is 5. The molecule has 0 atom stereocenters. The smallest absolute Gasteiger partial charge is 0.341 e. The highest BCUT2D eigenvalue weighted by Gasteiger charge is 2.28. The largest absolute Gasteiger partial charge is 0.462 e. The zero-order valence-electron chi connectivity index (χ0n) is 15.2. The van der Waals surface area contributed by atoms with Crippen molar-refractivity contribution in [3.8, 4) is 0 Å². The summed E-state index contributed by atoms with van der Waals surface area (Å²) in [6.07, 6.45) is 3.17. The Morgan fingerprint density at radius 1 is 1.11 bits per heavy atom. The Bertz CT molecular complexity index is 1020. The van der Waals surface area contributed by atoms with E-state index in [4.69, 9.17) is 4.74 Å². The fourth-order valence-electron chi connectivity index (χ4n) is 3.62. The SMILES string of the molecule is CCOC(=O)c1c(NC(=O)Cc2ccc3ccccc3c2)sc2c1CCC2. The van der Waals surface area contributed by atoms with Gasteiger partial charge in [0.2, 0.25) is 5.91 Å². The lowest BCUT2D eigenvalue weighted by molar-refractivity contribution is -0.115. The fraction of sp³-hybridized carbons (Fsp3) is 0.273. The van der Waals surface area contributed by atoms with E-state index >= 15 is 0 Å². The van der Waals surface area contributed by atoms with Gasteiger partial charge in [0.05, 0.1) is 18.6 Å². The zero-order valence-corrected chi connectivity index (χ0v) is 16.0. The van der Waals surface area contributed by atoms with Crippen molar-refractivity contribution in [2.45, 2.75) is 32.6 Å². The van der Waals surface area contributed by atoms with E-state index in [2.05, 4.69) is 11.4 Å². The average Bonchev–Trinajstić information content (AvgIpc) is 3.22. The molecule has 0 spiro atoms. The van der Waals surface area contributed by atoms with Crippen LogP contribution in [-0.4, -0.2) is 18.5 Å². The number of anilines is 1. The summed E-state index contributed by atoms with van der Waals surface area (Å²) in [7, 11) is 0. The van der Waals surface area contributed by atoms with Crippen molar-refractivity contribution in [3.63, 3.8) is 0 Å². The Hall–Kier alpha value is -2.66. The molecule has 0 unspecified atom stereocenters. The third kappa shape index (κ3) is 3.60. The Kier molecular flexibility index (Phi) is 4.94. The predicted octanol–water partition coefficient (Wildman–Crippen LogP) is 4.75. The molecule has 0 aliphatic heterocycles. The summed E-state index contributed by atoms with van der Waals surface area (Å²) in [4.78, 5) is 26.2. The van der Waals surface area contributed by atoms with Crippen LogP contribution in [0.4, 0.5) is 5.00 Å². The summed E-state index contributed by atoms with van der Waals surface area (Å²) in [5.74, 6) is -0.450. The summed E-state index contributed by atoms with van der Waals surface area (Å²) in [5, 5.41) is 5.85. The van der Waals surface area contributed by atoms with Crippen molar-refractivity contribution >= 4 is 39.0 Å². The molecule has 0 fully saturated rings. The van der Waals surface area contributed by atoms with E-state index in [1.807, 2.05) is 36.4 Å². The molecule has 1 aliphatic carbocycles. The van der Waals surface area contributed by atoms with Crippen LogP contribution in [0.1, 0.15) is 39.7 Å². The number of thiophene rings is 1. The number of esters is 1. The Balaban J connectivity index is 1.54. The van der Waals surface area contributed by atoms with Crippen molar-refractivity contribution < 1.29 is 14.3 Å². The molecule has 2 aromatic carbocycles. The highest BCUT2D eigenvalue weighted by atomic mass is 32.1. The molecule has 0 bridgehead atoms. The molecule has 1 aliphatic rings. The minimum atomic E-state index is -0.335. The average molecular weight is 379 g/mol. The maximum Gasteiger partial charge on any atom is 0.341 e. The lowest BCUT2D eigenvalue weighted by Crippen LogP contribution is -2.16. The van der Waals surface area contributed by atoms with Crippen LogP contribution in [0.5, 0.6) is 0 Å². The Morgan fingerprint density at radius 3 is 2.74 bits per heavy atom. The van der Waals surface area contributed by atoms with Gasteiger partial charge in [-0.15, -0.1) is 11.3 Å². The second-order valence-corrected chi connectivity index (χ2v) is 7.79. The summed E-state index contributed by atoms with van der Waals surface area (Å²) in [5.41, 5.74) is 2.56. The first-order chi connectivity index (χ1) is 13.2. The predicted molar refractivity (Wildman–Crippen MR) is 109 cm³/mol. The topological polar surface area (TPSA) is 55.4 Å². The van der Waals surface area contributed by atoms with Gasteiger partial charge in [0.25, 0.3) is 0 Å². The van der Waals surface area contributed by atoms with Crippen molar-refractivity contribution in [1.82, 2.24) is 0 Å². The normalized spacial score (nSPS) is 12.8. The van der Waals surface area contributed by atoms with Crippen molar-refractivity contribution in [3.05, 3.63) is 64.0 Å². The molecule has 0 radical (unpaired) electrons. The molecule has 5 heteroatoms. The number of hydrogen-bond donors (Lipinski definition) is 1. The van der Waals surface area contributed by atoms with Gasteiger partial charge in [-0.3, -0.25) is 4.79 Å². The van der Waals surface area contributed by atoms with Crippen LogP contribution in [-0.2, 0) is 28.8 Å². The molecule has 1 aromatic heterocycles. The van der Waals surface area contributed by atoms with Crippen LogP contribution >= 0.6 is 11.3 Å². The monoisotopic (exact) mass is 379 g/mol. The highest BCUT2D eigenvalue weighted by molar-refractivity contribution is 7.17. The molecule has 4 nitrogen and oxygen atoms in total. The number of ether oxygens (including phenoxy) is 1. The number of amides is 1. The first kappa shape index (κ1) is 17.7. The molecular weight excluding hydrogens is 358 g/mol. The van der Waals surface area contributed by atoms with Gasteiger partial charge in [-0.05, 0) is 48.1 Å². The van der Waals surface area contributed by atoms with E-state index < -0.39 is 0 Å². The maximum atomic E-state index is 12.6. The molecule has 1 amide bonds. The number of aryl methyl sites for hydroxylation is 1. The van der Waals surface area contributed by atoms with E-state index in [1.165, 1.54) is 16.2 Å². The van der Waals surface area contributed by atoms with Gasteiger partial charge in [-0.25, -0.2) is 4.79 Å². The van der Waals surface area contributed by atoms with Crippen LogP contribution in [0, 0.1) is 0 Å². The molecule has 1 heterocycles. The third-order valence-electron chi connectivity index (χ3n) is 4.83. The number of nitrogens with one attached hydrogen (secondary N) is 1. The molecule has 4 rings (SSSR count). The van der Waals surface area contributed by atoms with E-state index in [0.717, 1.165) is 41.2 Å². The van der Waals surface area contributed by atoms with Gasteiger partial charge >= 0.3 is 5.97 Å². The van der Waals surface area contributed by atoms with Gasteiger partial charge < -0.3 is 10.1 Å². The number of carbonyl (C=O) groups excluding carboxylic acids is 2. The quantitative estimate of drug-likeness (QED) is 0.651. The summed E-state index contributed by atoms with van der Waals surface area (Å²) in [6.45, 7) is 2.12. The van der Waals surface area contributed by atoms with E-state index in [1.54, 1.807) is 6.92 Å².